The number of carbonyl (C=O) groups excluding carboxylic acids is 1. The Bertz CT molecular complexity index is 697. The molecule has 0 bridgehead atoms. The molecule has 24 heavy (non-hydrogen) atoms. The highest BCUT2D eigenvalue weighted by atomic mass is 32.2. The Morgan fingerprint density at radius 1 is 1.25 bits per heavy atom. The zero-order valence-electron chi connectivity index (χ0n) is 12.4. The van der Waals surface area contributed by atoms with E-state index in [1.54, 1.807) is 6.07 Å². The summed E-state index contributed by atoms with van der Waals surface area (Å²) in [4.78, 5) is 18.2. The first-order valence-corrected chi connectivity index (χ1v) is 7.94. The van der Waals surface area contributed by atoms with Crippen molar-refractivity contribution < 1.29 is 27.4 Å². The van der Waals surface area contributed by atoms with Gasteiger partial charge in [-0.25, -0.2) is 0 Å². The Kier molecular flexibility index (Phi) is 4.81. The standard InChI is InChI=1S/C15H13F3N2O3S/c16-15(17,18)23-11-4-2-1-3-10(11)9-12-13(21)19-14(24-12)20-5-7-22-8-6-20/h1-4,9H,5-8H2/b12-9-. The summed E-state index contributed by atoms with van der Waals surface area (Å²) in [5, 5.41) is 0.545. The Labute approximate surface area is 140 Å². The molecule has 5 nitrogen and oxygen atoms in total. The monoisotopic (exact) mass is 358 g/mol. The zero-order chi connectivity index (χ0) is 17.2. The molecule has 0 atom stereocenters. The van der Waals surface area contributed by atoms with Crippen molar-refractivity contribution >= 4 is 28.9 Å². The van der Waals surface area contributed by atoms with Crippen LogP contribution in [0.4, 0.5) is 13.2 Å². The molecule has 128 valence electrons. The summed E-state index contributed by atoms with van der Waals surface area (Å²) in [6, 6.07) is 5.66. The number of carbonyl (C=O) groups is 1. The third-order valence-electron chi connectivity index (χ3n) is 3.32. The zero-order valence-corrected chi connectivity index (χ0v) is 13.2. The number of hydrogen-bond donors (Lipinski definition) is 0. The van der Waals surface area contributed by atoms with Gasteiger partial charge in [0.2, 0.25) is 0 Å². The van der Waals surface area contributed by atoms with Gasteiger partial charge in [-0.2, -0.15) is 4.99 Å². The molecule has 0 aromatic heterocycles. The molecule has 2 heterocycles. The fourth-order valence-electron chi connectivity index (χ4n) is 2.25. The van der Waals surface area contributed by atoms with Gasteiger partial charge in [-0.15, -0.1) is 13.2 Å². The predicted octanol–water partition coefficient (Wildman–Crippen LogP) is 2.89. The van der Waals surface area contributed by atoms with Crippen LogP contribution in [0.2, 0.25) is 0 Å². The van der Waals surface area contributed by atoms with E-state index in [2.05, 4.69) is 9.73 Å². The number of halogens is 3. The molecule has 2 aliphatic heterocycles. The number of alkyl halides is 3. The number of hydrogen-bond acceptors (Lipinski definition) is 5. The van der Waals surface area contributed by atoms with Crippen LogP contribution in [0.1, 0.15) is 5.56 Å². The summed E-state index contributed by atoms with van der Waals surface area (Å²) in [5.74, 6) is -0.825. The number of amides is 1. The smallest absolute Gasteiger partial charge is 0.405 e. The lowest BCUT2D eigenvalue weighted by Gasteiger charge is -2.27. The Balaban J connectivity index is 1.79. The van der Waals surface area contributed by atoms with Gasteiger partial charge in [-0.05, 0) is 23.9 Å². The van der Waals surface area contributed by atoms with Crippen LogP contribution in [0.3, 0.4) is 0 Å². The van der Waals surface area contributed by atoms with Crippen molar-refractivity contribution in [1.29, 1.82) is 0 Å². The summed E-state index contributed by atoms with van der Waals surface area (Å²) in [6.45, 7) is 2.35. The van der Waals surface area contributed by atoms with Gasteiger partial charge >= 0.3 is 6.36 Å². The highest BCUT2D eigenvalue weighted by molar-refractivity contribution is 8.18. The lowest BCUT2D eigenvalue weighted by atomic mass is 10.2. The molecule has 1 amide bonds. The second-order valence-corrected chi connectivity index (χ2v) is 6.00. The minimum atomic E-state index is -4.79. The third kappa shape index (κ3) is 4.09. The maximum atomic E-state index is 12.5. The lowest BCUT2D eigenvalue weighted by molar-refractivity contribution is -0.274. The van der Waals surface area contributed by atoms with Crippen molar-refractivity contribution in [2.24, 2.45) is 4.99 Å². The Morgan fingerprint density at radius 2 is 1.96 bits per heavy atom. The summed E-state index contributed by atoms with van der Waals surface area (Å²) >= 11 is 1.14. The van der Waals surface area contributed by atoms with E-state index in [0.717, 1.165) is 11.8 Å². The van der Waals surface area contributed by atoms with E-state index in [1.165, 1.54) is 24.3 Å². The minimum absolute atomic E-state index is 0.170. The molecule has 0 unspecified atom stereocenters. The van der Waals surface area contributed by atoms with Gasteiger partial charge in [0, 0.05) is 18.7 Å². The van der Waals surface area contributed by atoms with Crippen LogP contribution in [-0.4, -0.2) is 48.6 Å². The van der Waals surface area contributed by atoms with Crippen LogP contribution in [0.15, 0.2) is 34.2 Å². The van der Waals surface area contributed by atoms with E-state index in [-0.39, 0.29) is 16.2 Å². The first kappa shape index (κ1) is 16.8. The quantitative estimate of drug-likeness (QED) is 0.761. The lowest BCUT2D eigenvalue weighted by Crippen LogP contribution is -2.38. The first-order chi connectivity index (χ1) is 11.4. The molecular weight excluding hydrogens is 345 g/mol. The Hall–Kier alpha value is -2.00. The number of nitrogens with zero attached hydrogens (tertiary/aromatic N) is 2. The molecule has 1 saturated heterocycles. The maximum absolute atomic E-state index is 12.5. The average Bonchev–Trinajstić information content (AvgIpc) is 2.90. The van der Waals surface area contributed by atoms with Gasteiger partial charge in [0.1, 0.15) is 5.75 Å². The van der Waals surface area contributed by atoms with Crippen LogP contribution >= 0.6 is 11.8 Å². The molecule has 2 aliphatic rings. The minimum Gasteiger partial charge on any atom is -0.405 e. The number of morpholine rings is 1. The molecule has 3 rings (SSSR count). The van der Waals surface area contributed by atoms with Crippen molar-refractivity contribution in [2.75, 3.05) is 26.3 Å². The van der Waals surface area contributed by atoms with Crippen molar-refractivity contribution in [3.8, 4) is 5.75 Å². The number of aliphatic imine (C=N–C) groups is 1. The van der Waals surface area contributed by atoms with Gasteiger partial charge in [-0.3, -0.25) is 4.79 Å². The largest absolute Gasteiger partial charge is 0.573 e. The fraction of sp³-hybridized carbons (Fsp3) is 0.333. The number of thioether (sulfide) groups is 1. The number of amidine groups is 1. The average molecular weight is 358 g/mol. The first-order valence-electron chi connectivity index (χ1n) is 7.12. The molecule has 0 N–H and O–H groups in total. The number of para-hydroxylation sites is 1. The van der Waals surface area contributed by atoms with Crippen molar-refractivity contribution in [3.05, 3.63) is 34.7 Å². The molecule has 1 fully saturated rings. The highest BCUT2D eigenvalue weighted by Gasteiger charge is 2.32. The van der Waals surface area contributed by atoms with E-state index < -0.39 is 12.3 Å². The van der Waals surface area contributed by atoms with Crippen molar-refractivity contribution in [1.82, 2.24) is 4.90 Å². The van der Waals surface area contributed by atoms with E-state index in [0.29, 0.717) is 31.5 Å². The Morgan fingerprint density at radius 3 is 2.67 bits per heavy atom. The molecule has 1 aromatic carbocycles. The fourth-order valence-corrected chi connectivity index (χ4v) is 3.20. The highest BCUT2D eigenvalue weighted by Crippen LogP contribution is 2.34. The normalized spacial score (nSPS) is 20.5. The summed E-state index contributed by atoms with van der Waals surface area (Å²) in [5.41, 5.74) is 0.170. The molecule has 9 heteroatoms. The van der Waals surface area contributed by atoms with E-state index in [1.807, 2.05) is 4.90 Å². The predicted molar refractivity (Wildman–Crippen MR) is 83.5 cm³/mol. The van der Waals surface area contributed by atoms with E-state index >= 15 is 0 Å². The van der Waals surface area contributed by atoms with Gasteiger partial charge in [0.25, 0.3) is 5.91 Å². The maximum Gasteiger partial charge on any atom is 0.573 e. The summed E-state index contributed by atoms with van der Waals surface area (Å²) in [7, 11) is 0. The van der Waals surface area contributed by atoms with Gasteiger partial charge < -0.3 is 14.4 Å². The molecule has 0 radical (unpaired) electrons. The van der Waals surface area contributed by atoms with Crippen LogP contribution in [0.5, 0.6) is 5.75 Å². The van der Waals surface area contributed by atoms with Gasteiger partial charge in [0.15, 0.2) is 5.17 Å². The topological polar surface area (TPSA) is 51.1 Å². The summed E-state index contributed by atoms with van der Waals surface area (Å²) < 4.78 is 46.6. The van der Waals surface area contributed by atoms with E-state index in [9.17, 15) is 18.0 Å². The van der Waals surface area contributed by atoms with Crippen molar-refractivity contribution in [3.63, 3.8) is 0 Å². The second kappa shape index (κ2) is 6.86. The third-order valence-corrected chi connectivity index (χ3v) is 4.37. The van der Waals surface area contributed by atoms with E-state index in [4.69, 9.17) is 4.74 Å². The molecule has 1 aromatic rings. The second-order valence-electron chi connectivity index (χ2n) is 5.00. The van der Waals surface area contributed by atoms with Crippen LogP contribution < -0.4 is 4.74 Å². The number of benzene rings is 1. The molecular formula is C15H13F3N2O3S. The number of rotatable bonds is 2. The van der Waals surface area contributed by atoms with Crippen LogP contribution in [-0.2, 0) is 9.53 Å². The van der Waals surface area contributed by atoms with Crippen molar-refractivity contribution in [2.45, 2.75) is 6.36 Å². The summed E-state index contributed by atoms with van der Waals surface area (Å²) in [6.07, 6.45) is -3.43. The molecule has 0 aliphatic carbocycles. The van der Waals surface area contributed by atoms with Crippen LogP contribution in [0.25, 0.3) is 6.08 Å². The van der Waals surface area contributed by atoms with Gasteiger partial charge in [-0.1, -0.05) is 18.2 Å². The molecule has 0 spiro atoms. The van der Waals surface area contributed by atoms with Gasteiger partial charge in [0.05, 0.1) is 18.1 Å². The van der Waals surface area contributed by atoms with Crippen LogP contribution in [0, 0.1) is 0 Å². The SMILES string of the molecule is O=C1N=C(N2CCOCC2)S/C1=C\c1ccccc1OC(F)(F)F. The number of ether oxygens (including phenoxy) is 2. The molecule has 0 saturated carbocycles.